The number of halogens is 2. The number of hydrogen-bond acceptors (Lipinski definition) is 18. The topological polar surface area (TPSA) is 298 Å². The molecule has 0 bridgehead atoms. The van der Waals surface area contributed by atoms with Crippen LogP contribution in [0.5, 0.6) is 0 Å². The predicted octanol–water partition coefficient (Wildman–Crippen LogP) is 6.95. The number of carbonyl (C=O) groups excluding carboxylic acids is 1. The van der Waals surface area contributed by atoms with Crippen LogP contribution < -0.4 is 44.5 Å². The van der Waals surface area contributed by atoms with Crippen molar-refractivity contribution in [1.29, 1.82) is 0 Å². The fourth-order valence-corrected chi connectivity index (χ4v) is 6.86. The molecule has 4 aromatic rings. The molecular formula is C40H45Br2N10NaO12. The number of nitro benzene ring substituents is 4. The number of aliphatic hydroxyl groups is 1. The molecule has 0 heterocycles. The molecule has 0 saturated heterocycles. The zero-order valence-corrected chi connectivity index (χ0v) is 41.4. The van der Waals surface area contributed by atoms with E-state index in [9.17, 15) is 55.5 Å². The van der Waals surface area contributed by atoms with Crippen molar-refractivity contribution in [1.82, 2.24) is 0 Å². The summed E-state index contributed by atoms with van der Waals surface area (Å²) in [6.45, 7) is 10.2. The third kappa shape index (κ3) is 17.2. The van der Waals surface area contributed by atoms with Gasteiger partial charge in [0, 0.05) is 49.7 Å². The standard InChI is InChI=1S/C21H24BrN5O7.C19H22BrN5O5.Na/c1-3-4-7-25(8-9-34-13-20(28)29)15-5-6-18(14(2)10-15)23-24-21-17(22)11-16(26(30)31)12-19(21)27(32)33;1-3-4-7-23(8-9-26)14-5-6-17(13(2)10-14)21-22-19-16(20)11-15(24(27)28)12-18(19)25(29)30;/h5-6,10-12H,3-4,7-9,13H2,1-2H3,(H,28,29);5-6,10-12,26H,3-4,7-9H2,1-2H3;/q;;+1/p-1. The molecule has 1 N–H and O–H groups in total. The van der Waals surface area contributed by atoms with E-state index in [0.717, 1.165) is 85.5 Å². The Morgan fingerprint density at radius 2 is 1.06 bits per heavy atom. The summed E-state index contributed by atoms with van der Waals surface area (Å²) in [6.07, 6.45) is 3.94. The smallest absolute Gasteiger partial charge is 0.548 e. The van der Waals surface area contributed by atoms with Gasteiger partial charge in [-0.3, -0.25) is 40.5 Å². The molecular weight excluding hydrogens is 995 g/mol. The second-order valence-corrected chi connectivity index (χ2v) is 15.5. The molecule has 0 unspecified atom stereocenters. The number of anilines is 2. The molecule has 65 heavy (non-hydrogen) atoms. The van der Waals surface area contributed by atoms with E-state index >= 15 is 0 Å². The Labute approximate surface area is 411 Å². The van der Waals surface area contributed by atoms with E-state index in [1.54, 1.807) is 12.1 Å². The van der Waals surface area contributed by atoms with Crippen LogP contribution in [-0.2, 0) is 9.53 Å². The number of carboxylic acid groups (broad SMARTS) is 1. The molecule has 0 saturated carbocycles. The summed E-state index contributed by atoms with van der Waals surface area (Å²) in [6, 6.07) is 14.9. The molecule has 342 valence electrons. The number of rotatable bonds is 23. The zero-order valence-electron chi connectivity index (χ0n) is 36.2. The van der Waals surface area contributed by atoms with Crippen LogP contribution in [-0.4, -0.2) is 76.8 Å². The number of hydrogen-bond donors (Lipinski definition) is 1. The van der Waals surface area contributed by atoms with Crippen molar-refractivity contribution in [3.05, 3.63) is 121 Å². The minimum atomic E-state index is -1.27. The number of aryl methyl sites for hydroxylation is 2. The van der Waals surface area contributed by atoms with Crippen molar-refractivity contribution in [2.75, 3.05) is 55.8 Å². The van der Waals surface area contributed by atoms with Crippen molar-refractivity contribution in [3.8, 4) is 0 Å². The van der Waals surface area contributed by atoms with Crippen LogP contribution in [0.1, 0.15) is 50.7 Å². The normalized spacial score (nSPS) is 10.9. The van der Waals surface area contributed by atoms with Crippen molar-refractivity contribution >= 4 is 94.7 Å². The summed E-state index contributed by atoms with van der Waals surface area (Å²) < 4.78 is 5.28. The van der Waals surface area contributed by atoms with E-state index in [2.05, 4.69) is 76.0 Å². The van der Waals surface area contributed by atoms with E-state index in [4.69, 9.17) is 4.74 Å². The Balaban J connectivity index is 0.000000443. The fraction of sp³-hybridized carbons (Fsp3) is 0.375. The van der Waals surface area contributed by atoms with Gasteiger partial charge in [-0.25, -0.2) is 0 Å². The van der Waals surface area contributed by atoms with Crippen LogP contribution in [0.3, 0.4) is 0 Å². The molecule has 0 aliphatic heterocycles. The number of carboxylic acids is 1. The number of carbonyl (C=O) groups is 1. The molecule has 0 aliphatic rings. The van der Waals surface area contributed by atoms with Gasteiger partial charge in [0.2, 0.25) is 0 Å². The zero-order chi connectivity index (χ0) is 47.5. The van der Waals surface area contributed by atoms with E-state index < -0.39 is 55.0 Å². The second-order valence-electron chi connectivity index (χ2n) is 13.8. The minimum Gasteiger partial charge on any atom is -0.548 e. The summed E-state index contributed by atoms with van der Waals surface area (Å²) in [5, 5.41) is 80.7. The molecule has 0 aliphatic carbocycles. The second kappa shape index (κ2) is 27.8. The van der Waals surface area contributed by atoms with Gasteiger partial charge in [-0.2, -0.15) is 0 Å². The summed E-state index contributed by atoms with van der Waals surface area (Å²) >= 11 is 6.20. The van der Waals surface area contributed by atoms with Crippen molar-refractivity contribution in [2.45, 2.75) is 53.4 Å². The van der Waals surface area contributed by atoms with Gasteiger partial charge < -0.3 is 29.5 Å². The van der Waals surface area contributed by atoms with Gasteiger partial charge >= 0.3 is 40.9 Å². The summed E-state index contributed by atoms with van der Waals surface area (Å²) in [5.41, 5.74) is 2.22. The maximum Gasteiger partial charge on any atom is 1.00 e. The number of non-ortho nitro benzene ring substituents is 2. The van der Waals surface area contributed by atoms with Crippen LogP contribution in [0.4, 0.5) is 56.9 Å². The molecule has 0 amide bonds. The molecule has 0 spiro atoms. The summed E-state index contributed by atoms with van der Waals surface area (Å²) in [4.78, 5) is 56.4. The van der Waals surface area contributed by atoms with Crippen LogP contribution in [0, 0.1) is 54.3 Å². The molecule has 0 aromatic heterocycles. The first-order valence-electron chi connectivity index (χ1n) is 19.6. The first kappa shape index (κ1) is 55.8. The SMILES string of the molecule is CCCCN(CCO)c1ccc(N=Nc2c(Br)cc([N+](=O)[O-])cc2[N+](=O)[O-])c(C)c1.CCCCN(CCOCC(=O)[O-])c1ccc(N=Nc2c(Br)cc([N+](=O)[O-])cc2[N+](=O)[O-])c(C)c1.[Na+]. The molecule has 0 fully saturated rings. The Morgan fingerprint density at radius 1 is 0.646 bits per heavy atom. The maximum atomic E-state index is 11.4. The van der Waals surface area contributed by atoms with Crippen molar-refractivity contribution in [3.63, 3.8) is 0 Å². The number of ether oxygens (including phenoxy) is 1. The Kier molecular flexibility index (Phi) is 23.9. The van der Waals surface area contributed by atoms with Crippen LogP contribution >= 0.6 is 31.9 Å². The predicted molar refractivity (Wildman–Crippen MR) is 243 cm³/mol. The molecule has 4 rings (SSSR count). The van der Waals surface area contributed by atoms with E-state index in [1.807, 2.05) is 38.1 Å². The van der Waals surface area contributed by atoms with Crippen molar-refractivity contribution in [2.24, 2.45) is 20.5 Å². The third-order valence-corrected chi connectivity index (χ3v) is 10.3. The van der Waals surface area contributed by atoms with Gasteiger partial charge in [0.25, 0.3) is 11.4 Å². The average molecular weight is 1040 g/mol. The fourth-order valence-electron chi connectivity index (χ4n) is 5.82. The number of nitro groups is 4. The van der Waals surface area contributed by atoms with E-state index in [1.165, 1.54) is 0 Å². The number of aliphatic hydroxyl groups excluding tert-OH is 1. The summed E-state index contributed by atoms with van der Waals surface area (Å²) in [5.74, 6) is -1.27. The maximum absolute atomic E-state index is 11.4. The van der Waals surface area contributed by atoms with Gasteiger partial charge in [-0.05, 0) is 106 Å². The summed E-state index contributed by atoms with van der Waals surface area (Å²) in [7, 11) is 0. The Hall–Kier alpha value is -5.37. The monoisotopic (exact) mass is 1040 g/mol. The Bertz CT molecular complexity index is 2390. The number of azo groups is 2. The number of benzene rings is 4. The minimum absolute atomic E-state index is 0. The van der Waals surface area contributed by atoms with E-state index in [0.29, 0.717) is 24.5 Å². The van der Waals surface area contributed by atoms with Crippen molar-refractivity contribution < 1.29 is 69.0 Å². The molecule has 4 aromatic carbocycles. The number of nitrogens with zero attached hydrogens (tertiary/aromatic N) is 10. The van der Waals surface area contributed by atoms with Crippen LogP contribution in [0.25, 0.3) is 0 Å². The van der Waals surface area contributed by atoms with E-state index in [-0.39, 0.29) is 63.1 Å². The van der Waals surface area contributed by atoms with Gasteiger partial charge in [-0.1, -0.05) is 26.7 Å². The van der Waals surface area contributed by atoms with Crippen LogP contribution in [0.15, 0.2) is 90.1 Å². The first-order chi connectivity index (χ1) is 30.4. The molecule has 0 atom stereocenters. The number of aliphatic carboxylic acids is 1. The average Bonchev–Trinajstić information content (AvgIpc) is 3.24. The largest absolute Gasteiger partial charge is 1.00 e. The van der Waals surface area contributed by atoms with Gasteiger partial charge in [-0.15, -0.1) is 20.5 Å². The Morgan fingerprint density at radius 3 is 1.40 bits per heavy atom. The quantitative estimate of drug-likeness (QED) is 0.0258. The third-order valence-electron chi connectivity index (χ3n) is 9.14. The van der Waals surface area contributed by atoms with Crippen LogP contribution in [0.2, 0.25) is 0 Å². The van der Waals surface area contributed by atoms with Gasteiger partial charge in [0.15, 0.2) is 11.4 Å². The molecule has 0 radical (unpaired) electrons. The first-order valence-corrected chi connectivity index (χ1v) is 21.2. The van der Waals surface area contributed by atoms with Gasteiger partial charge in [0.05, 0.1) is 77.9 Å². The van der Waals surface area contributed by atoms with Gasteiger partial charge in [0.1, 0.15) is 0 Å². The number of unbranched alkanes of at least 4 members (excludes halogenated alkanes) is 2. The molecule has 25 heteroatoms. The molecule has 22 nitrogen and oxygen atoms in total.